The molecule has 1 rings (SSSR count). The molecule has 0 spiro atoms. The zero-order valence-electron chi connectivity index (χ0n) is 15.7. The molecular formula is C18H28N2O5S. The summed E-state index contributed by atoms with van der Waals surface area (Å²) in [6.07, 6.45) is 1.93. The molecule has 0 aliphatic rings. The molecule has 0 unspecified atom stereocenters. The van der Waals surface area contributed by atoms with Crippen molar-refractivity contribution in [3.8, 4) is 5.75 Å². The van der Waals surface area contributed by atoms with Crippen LogP contribution in [0.15, 0.2) is 24.3 Å². The van der Waals surface area contributed by atoms with Crippen LogP contribution in [-0.4, -0.2) is 56.9 Å². The Bertz CT molecular complexity index is 686. The first-order valence-corrected chi connectivity index (χ1v) is 10.6. The third kappa shape index (κ3) is 7.97. The van der Waals surface area contributed by atoms with Crippen LogP contribution >= 0.6 is 0 Å². The van der Waals surface area contributed by atoms with Crippen LogP contribution in [-0.2, 0) is 14.8 Å². The highest BCUT2D eigenvalue weighted by atomic mass is 32.2. The van der Waals surface area contributed by atoms with Crippen molar-refractivity contribution < 1.29 is 22.7 Å². The monoisotopic (exact) mass is 384 g/mol. The van der Waals surface area contributed by atoms with Crippen molar-refractivity contribution in [2.24, 2.45) is 0 Å². The molecule has 0 aliphatic heterocycles. The molecule has 146 valence electrons. The second kappa shape index (κ2) is 10.9. The smallest absolute Gasteiger partial charge is 0.220 e. The number of Topliss-reactive ketones (excluding diaryl/α,β-unsaturated/α-hetero) is 1. The molecule has 1 amide bonds. The highest BCUT2D eigenvalue weighted by Crippen LogP contribution is 2.14. The van der Waals surface area contributed by atoms with Gasteiger partial charge in [-0.05, 0) is 37.6 Å². The minimum Gasteiger partial charge on any atom is -0.494 e. The van der Waals surface area contributed by atoms with Gasteiger partial charge in [-0.15, -0.1) is 0 Å². The maximum Gasteiger partial charge on any atom is 0.220 e. The molecule has 0 atom stereocenters. The number of ether oxygens (including phenoxy) is 1. The molecule has 1 N–H and O–H groups in total. The third-order valence-corrected chi connectivity index (χ3v) is 5.17. The first-order valence-electron chi connectivity index (χ1n) is 8.75. The van der Waals surface area contributed by atoms with Gasteiger partial charge in [-0.25, -0.2) is 12.7 Å². The summed E-state index contributed by atoms with van der Waals surface area (Å²) in [7, 11) is -3.21. The van der Waals surface area contributed by atoms with E-state index in [2.05, 4.69) is 5.32 Å². The highest BCUT2D eigenvalue weighted by molar-refractivity contribution is 7.88. The molecule has 0 heterocycles. The number of ketones is 1. The fourth-order valence-electron chi connectivity index (χ4n) is 2.41. The van der Waals surface area contributed by atoms with Gasteiger partial charge >= 0.3 is 0 Å². The van der Waals surface area contributed by atoms with Gasteiger partial charge in [-0.2, -0.15) is 0 Å². The molecule has 1 aromatic carbocycles. The van der Waals surface area contributed by atoms with Gasteiger partial charge in [-0.3, -0.25) is 9.59 Å². The van der Waals surface area contributed by atoms with Crippen LogP contribution in [0.1, 0.15) is 43.5 Å². The van der Waals surface area contributed by atoms with Crippen molar-refractivity contribution in [3.63, 3.8) is 0 Å². The SMILES string of the molecule is CCOc1ccc(C(=O)CCC(=O)NCCCN(CC)S(C)(=O)=O)cc1. The highest BCUT2D eigenvalue weighted by Gasteiger charge is 2.14. The minimum atomic E-state index is -3.21. The second-order valence-electron chi connectivity index (χ2n) is 5.84. The van der Waals surface area contributed by atoms with Crippen molar-refractivity contribution in [2.45, 2.75) is 33.1 Å². The summed E-state index contributed by atoms with van der Waals surface area (Å²) in [5, 5.41) is 2.71. The summed E-state index contributed by atoms with van der Waals surface area (Å²) < 4.78 is 29.6. The summed E-state index contributed by atoms with van der Waals surface area (Å²) in [6.45, 7) is 5.37. The van der Waals surface area contributed by atoms with Gasteiger partial charge in [0.25, 0.3) is 0 Å². The summed E-state index contributed by atoms with van der Waals surface area (Å²) in [5.74, 6) is 0.390. The number of benzene rings is 1. The molecule has 0 bridgehead atoms. The average molecular weight is 384 g/mol. The molecule has 0 saturated carbocycles. The predicted octanol–water partition coefficient (Wildman–Crippen LogP) is 1.84. The maximum atomic E-state index is 12.1. The topological polar surface area (TPSA) is 92.8 Å². The van der Waals surface area contributed by atoms with Gasteiger partial charge in [0, 0.05) is 38.0 Å². The fourth-order valence-corrected chi connectivity index (χ4v) is 3.33. The number of nitrogens with one attached hydrogen (secondary N) is 1. The predicted molar refractivity (Wildman–Crippen MR) is 101 cm³/mol. The number of hydrogen-bond acceptors (Lipinski definition) is 5. The van der Waals surface area contributed by atoms with E-state index in [1.807, 2.05) is 6.92 Å². The first-order chi connectivity index (χ1) is 12.3. The maximum absolute atomic E-state index is 12.1. The molecule has 1 aromatic rings. The minimum absolute atomic E-state index is 0.0996. The molecular weight excluding hydrogens is 356 g/mol. The Kier molecular flexibility index (Phi) is 9.29. The van der Waals surface area contributed by atoms with Crippen LogP contribution < -0.4 is 10.1 Å². The van der Waals surface area contributed by atoms with Crippen LogP contribution in [0.4, 0.5) is 0 Å². The van der Waals surface area contributed by atoms with Crippen molar-refractivity contribution in [1.29, 1.82) is 0 Å². The van der Waals surface area contributed by atoms with E-state index in [1.54, 1.807) is 31.2 Å². The Balaban J connectivity index is 2.30. The Morgan fingerprint density at radius 2 is 1.77 bits per heavy atom. The van der Waals surface area contributed by atoms with E-state index in [9.17, 15) is 18.0 Å². The molecule has 26 heavy (non-hydrogen) atoms. The summed E-state index contributed by atoms with van der Waals surface area (Å²) in [4.78, 5) is 23.9. The first kappa shape index (κ1) is 22.1. The van der Waals surface area contributed by atoms with Gasteiger partial charge in [0.15, 0.2) is 5.78 Å². The number of carbonyl (C=O) groups is 2. The number of carbonyl (C=O) groups excluding carboxylic acids is 2. The molecule has 0 aromatic heterocycles. The molecule has 0 saturated heterocycles. The van der Waals surface area contributed by atoms with Crippen molar-refractivity contribution in [3.05, 3.63) is 29.8 Å². The molecule has 8 heteroatoms. The van der Waals surface area contributed by atoms with Crippen LogP contribution in [0.25, 0.3) is 0 Å². The lowest BCUT2D eigenvalue weighted by molar-refractivity contribution is -0.121. The van der Waals surface area contributed by atoms with Crippen LogP contribution in [0.2, 0.25) is 0 Å². The lowest BCUT2D eigenvalue weighted by Crippen LogP contribution is -2.33. The lowest BCUT2D eigenvalue weighted by Gasteiger charge is -2.17. The molecule has 7 nitrogen and oxygen atoms in total. The van der Waals surface area contributed by atoms with Gasteiger partial charge in [-0.1, -0.05) is 6.92 Å². The van der Waals surface area contributed by atoms with Crippen LogP contribution in [0.5, 0.6) is 5.75 Å². The Morgan fingerprint density at radius 1 is 1.12 bits per heavy atom. The van der Waals surface area contributed by atoms with E-state index < -0.39 is 10.0 Å². The molecule has 0 fully saturated rings. The summed E-state index contributed by atoms with van der Waals surface area (Å²) in [5.41, 5.74) is 0.549. The zero-order chi connectivity index (χ0) is 19.6. The van der Waals surface area contributed by atoms with Crippen LogP contribution in [0, 0.1) is 0 Å². The van der Waals surface area contributed by atoms with E-state index in [0.717, 1.165) is 0 Å². The lowest BCUT2D eigenvalue weighted by atomic mass is 10.1. The number of rotatable bonds is 12. The molecule has 0 radical (unpaired) electrons. The van der Waals surface area contributed by atoms with Crippen LogP contribution in [0.3, 0.4) is 0 Å². The number of amides is 1. The second-order valence-corrected chi connectivity index (χ2v) is 7.82. The number of sulfonamides is 1. The molecule has 0 aliphatic carbocycles. The number of hydrogen-bond donors (Lipinski definition) is 1. The van der Waals surface area contributed by atoms with Gasteiger partial charge < -0.3 is 10.1 Å². The van der Waals surface area contributed by atoms with Crippen molar-refractivity contribution in [2.75, 3.05) is 32.5 Å². The quantitative estimate of drug-likeness (QED) is 0.438. The van der Waals surface area contributed by atoms with Crippen molar-refractivity contribution >= 4 is 21.7 Å². The van der Waals surface area contributed by atoms with E-state index in [0.29, 0.717) is 44.0 Å². The standard InChI is InChI=1S/C18H28N2O5S/c1-4-20(26(3,23)24)14-6-13-19-18(22)12-11-17(21)15-7-9-16(10-8-15)25-5-2/h7-10H,4-6,11-14H2,1-3H3,(H,19,22). The van der Waals surface area contributed by atoms with E-state index in [-0.39, 0.29) is 24.5 Å². The fraction of sp³-hybridized carbons (Fsp3) is 0.556. The summed E-state index contributed by atoms with van der Waals surface area (Å²) >= 11 is 0. The average Bonchev–Trinajstić information content (AvgIpc) is 2.59. The number of nitrogens with zero attached hydrogens (tertiary/aromatic N) is 1. The summed E-state index contributed by atoms with van der Waals surface area (Å²) in [6, 6.07) is 6.85. The van der Waals surface area contributed by atoms with Gasteiger partial charge in [0.05, 0.1) is 12.9 Å². The third-order valence-electron chi connectivity index (χ3n) is 3.79. The Hall–Kier alpha value is -1.93. The largest absolute Gasteiger partial charge is 0.494 e. The van der Waals surface area contributed by atoms with Gasteiger partial charge in [0.2, 0.25) is 15.9 Å². The van der Waals surface area contributed by atoms with Crippen molar-refractivity contribution in [1.82, 2.24) is 9.62 Å². The van der Waals surface area contributed by atoms with E-state index >= 15 is 0 Å². The van der Waals surface area contributed by atoms with Gasteiger partial charge in [0.1, 0.15) is 5.75 Å². The van der Waals surface area contributed by atoms with E-state index in [1.165, 1.54) is 10.6 Å². The Morgan fingerprint density at radius 3 is 2.31 bits per heavy atom. The normalized spacial score (nSPS) is 11.4. The zero-order valence-corrected chi connectivity index (χ0v) is 16.5. The Labute approximate surface area is 155 Å². The van der Waals surface area contributed by atoms with E-state index in [4.69, 9.17) is 4.74 Å².